The lowest BCUT2D eigenvalue weighted by Crippen LogP contribution is -2.44. The number of hydrogen-bond acceptors (Lipinski definition) is 4. The van der Waals surface area contributed by atoms with Crippen LogP contribution in [0, 0.1) is 0 Å². The van der Waals surface area contributed by atoms with Crippen molar-refractivity contribution in [1.82, 2.24) is 10.6 Å². The lowest BCUT2D eigenvalue weighted by molar-refractivity contribution is 0.222. The monoisotopic (exact) mass is 433 g/mol. The van der Waals surface area contributed by atoms with E-state index >= 15 is 0 Å². The number of para-hydroxylation sites is 1. The summed E-state index contributed by atoms with van der Waals surface area (Å²) in [6, 6.07) is 7.66. The lowest BCUT2D eigenvalue weighted by Gasteiger charge is -2.21. The van der Waals surface area contributed by atoms with E-state index in [4.69, 9.17) is 4.74 Å². The molecule has 8 heteroatoms. The first-order valence-electron chi connectivity index (χ1n) is 8.15. The standard InChI is InChI=1S/C17H28BrN3O3S/c1-13(24-15-9-7-6-8-14(15)18)12-21-16(19-5)20-10-11-25(22,23)17(2,3)4/h6-9,13H,10-12H2,1-5H3,(H2,19,20,21). The molecular formula is C17H28BrN3O3S. The minimum Gasteiger partial charge on any atom is -0.488 e. The van der Waals surface area contributed by atoms with Crippen LogP contribution in [-0.4, -0.2) is 51.1 Å². The third kappa shape index (κ3) is 7.23. The molecule has 0 aliphatic carbocycles. The van der Waals surface area contributed by atoms with Crippen molar-refractivity contribution >= 4 is 31.7 Å². The van der Waals surface area contributed by atoms with Gasteiger partial charge in [-0.2, -0.15) is 0 Å². The molecule has 142 valence electrons. The van der Waals surface area contributed by atoms with E-state index in [1.807, 2.05) is 31.2 Å². The molecule has 2 N–H and O–H groups in total. The molecule has 0 aliphatic rings. The van der Waals surface area contributed by atoms with E-state index in [0.29, 0.717) is 19.0 Å². The molecule has 0 radical (unpaired) electrons. The SMILES string of the molecule is CN=C(NCCS(=O)(=O)C(C)(C)C)NCC(C)Oc1ccccc1Br. The number of nitrogens with one attached hydrogen (secondary N) is 2. The van der Waals surface area contributed by atoms with Crippen LogP contribution in [0.3, 0.4) is 0 Å². The molecule has 0 fully saturated rings. The number of benzene rings is 1. The van der Waals surface area contributed by atoms with Crippen LogP contribution >= 0.6 is 15.9 Å². The Hall–Kier alpha value is -1.28. The van der Waals surface area contributed by atoms with Crippen LogP contribution < -0.4 is 15.4 Å². The van der Waals surface area contributed by atoms with Crippen molar-refractivity contribution in [3.63, 3.8) is 0 Å². The van der Waals surface area contributed by atoms with Gasteiger partial charge in [-0.25, -0.2) is 8.42 Å². The largest absolute Gasteiger partial charge is 0.488 e. The average Bonchev–Trinajstić information content (AvgIpc) is 2.51. The van der Waals surface area contributed by atoms with Gasteiger partial charge >= 0.3 is 0 Å². The van der Waals surface area contributed by atoms with E-state index in [1.165, 1.54) is 0 Å². The van der Waals surface area contributed by atoms with Gasteiger partial charge in [0.1, 0.15) is 11.9 Å². The van der Waals surface area contributed by atoms with Crippen LogP contribution in [0.4, 0.5) is 0 Å². The predicted molar refractivity (Wildman–Crippen MR) is 107 cm³/mol. The maximum Gasteiger partial charge on any atom is 0.191 e. The van der Waals surface area contributed by atoms with E-state index in [2.05, 4.69) is 31.6 Å². The summed E-state index contributed by atoms with van der Waals surface area (Å²) >= 11 is 3.45. The molecule has 25 heavy (non-hydrogen) atoms. The number of ether oxygens (including phenoxy) is 1. The van der Waals surface area contributed by atoms with Crippen LogP contribution in [0.15, 0.2) is 33.7 Å². The Labute approximate surface area is 159 Å². The fourth-order valence-corrected chi connectivity index (χ4v) is 3.23. The fourth-order valence-electron chi connectivity index (χ4n) is 1.87. The van der Waals surface area contributed by atoms with E-state index < -0.39 is 14.6 Å². The van der Waals surface area contributed by atoms with Crippen molar-refractivity contribution < 1.29 is 13.2 Å². The summed E-state index contributed by atoms with van der Waals surface area (Å²) in [6.45, 7) is 7.90. The summed E-state index contributed by atoms with van der Waals surface area (Å²) < 4.78 is 30.2. The Kier molecular flexibility index (Phi) is 8.21. The van der Waals surface area contributed by atoms with E-state index in [0.717, 1.165) is 10.2 Å². The molecule has 0 heterocycles. The minimum absolute atomic E-state index is 0.0558. The van der Waals surface area contributed by atoms with Gasteiger partial charge in [0.05, 0.1) is 21.5 Å². The first kappa shape index (κ1) is 21.8. The lowest BCUT2D eigenvalue weighted by atomic mass is 10.3. The molecule has 1 aromatic carbocycles. The van der Waals surface area contributed by atoms with Gasteiger partial charge in [-0.05, 0) is 55.8 Å². The number of nitrogens with zero attached hydrogens (tertiary/aromatic N) is 1. The molecule has 1 atom stereocenters. The van der Waals surface area contributed by atoms with Crippen molar-refractivity contribution in [1.29, 1.82) is 0 Å². The normalized spacial score (nSPS) is 14.1. The molecule has 1 unspecified atom stereocenters. The molecule has 6 nitrogen and oxygen atoms in total. The summed E-state index contributed by atoms with van der Waals surface area (Å²) in [6.07, 6.45) is -0.0874. The molecule has 0 spiro atoms. The second-order valence-corrected chi connectivity index (χ2v) is 10.4. The fraction of sp³-hybridized carbons (Fsp3) is 0.588. The summed E-state index contributed by atoms with van der Waals surface area (Å²) in [4.78, 5) is 4.10. The quantitative estimate of drug-likeness (QED) is 0.510. The minimum atomic E-state index is -3.15. The van der Waals surface area contributed by atoms with Crippen LogP contribution in [0.25, 0.3) is 0 Å². The van der Waals surface area contributed by atoms with Crippen molar-refractivity contribution in [3.05, 3.63) is 28.7 Å². The van der Waals surface area contributed by atoms with Gasteiger partial charge < -0.3 is 15.4 Å². The third-order valence-corrected chi connectivity index (χ3v) is 6.80. The molecule has 1 rings (SSSR count). The van der Waals surface area contributed by atoms with E-state index in [9.17, 15) is 8.42 Å². The van der Waals surface area contributed by atoms with Crippen LogP contribution in [0.2, 0.25) is 0 Å². The number of rotatable bonds is 7. The van der Waals surface area contributed by atoms with Crippen LogP contribution in [0.5, 0.6) is 5.75 Å². The molecule has 1 aromatic rings. The highest BCUT2D eigenvalue weighted by atomic mass is 79.9. The highest BCUT2D eigenvalue weighted by Gasteiger charge is 2.28. The summed E-state index contributed by atoms with van der Waals surface area (Å²) in [5.41, 5.74) is 0. The predicted octanol–water partition coefficient (Wildman–Crippen LogP) is 2.59. The third-order valence-electron chi connectivity index (χ3n) is 3.54. The van der Waals surface area contributed by atoms with Gasteiger partial charge in [0.25, 0.3) is 0 Å². The Morgan fingerprint density at radius 3 is 2.48 bits per heavy atom. The number of hydrogen-bond donors (Lipinski definition) is 2. The first-order valence-corrected chi connectivity index (χ1v) is 10.6. The molecule has 0 saturated heterocycles. The Bertz CT molecular complexity index is 685. The van der Waals surface area contributed by atoms with Gasteiger partial charge in [0, 0.05) is 13.6 Å². The Balaban J connectivity index is 2.43. The van der Waals surface area contributed by atoms with Crippen molar-refractivity contribution in [2.24, 2.45) is 4.99 Å². The number of halogens is 1. The molecular weight excluding hydrogens is 406 g/mol. The topological polar surface area (TPSA) is 79.8 Å². The van der Waals surface area contributed by atoms with Gasteiger partial charge in [-0.1, -0.05) is 12.1 Å². The molecule has 0 aliphatic heterocycles. The van der Waals surface area contributed by atoms with Crippen molar-refractivity contribution in [3.8, 4) is 5.75 Å². The van der Waals surface area contributed by atoms with Crippen LogP contribution in [-0.2, 0) is 9.84 Å². The van der Waals surface area contributed by atoms with Gasteiger partial charge in [-0.15, -0.1) is 0 Å². The highest BCUT2D eigenvalue weighted by Crippen LogP contribution is 2.24. The van der Waals surface area contributed by atoms with Crippen molar-refractivity contribution in [2.75, 3.05) is 25.9 Å². The second-order valence-electron chi connectivity index (χ2n) is 6.67. The van der Waals surface area contributed by atoms with E-state index in [-0.39, 0.29) is 11.9 Å². The number of guanidine groups is 1. The number of aliphatic imine (C=N–C) groups is 1. The average molecular weight is 434 g/mol. The van der Waals surface area contributed by atoms with Gasteiger partial charge in [0.2, 0.25) is 0 Å². The zero-order valence-electron chi connectivity index (χ0n) is 15.5. The van der Waals surface area contributed by atoms with Gasteiger partial charge in [-0.3, -0.25) is 4.99 Å². The Morgan fingerprint density at radius 1 is 1.28 bits per heavy atom. The summed E-state index contributed by atoms with van der Waals surface area (Å²) in [7, 11) is -1.51. The van der Waals surface area contributed by atoms with Gasteiger partial charge in [0.15, 0.2) is 15.8 Å². The highest BCUT2D eigenvalue weighted by molar-refractivity contribution is 9.10. The zero-order valence-corrected chi connectivity index (χ0v) is 17.9. The van der Waals surface area contributed by atoms with E-state index in [1.54, 1.807) is 27.8 Å². The molecule has 0 saturated carbocycles. The second kappa shape index (κ2) is 9.43. The van der Waals surface area contributed by atoms with Crippen molar-refractivity contribution in [2.45, 2.75) is 38.5 Å². The molecule has 0 amide bonds. The summed E-state index contributed by atoms with van der Waals surface area (Å²) in [5, 5.41) is 6.16. The van der Waals surface area contributed by atoms with Crippen LogP contribution in [0.1, 0.15) is 27.7 Å². The molecule has 0 bridgehead atoms. The zero-order chi connectivity index (χ0) is 19.1. The first-order chi connectivity index (χ1) is 11.6. The smallest absolute Gasteiger partial charge is 0.191 e. The maximum atomic E-state index is 12.1. The summed E-state index contributed by atoms with van der Waals surface area (Å²) in [5.74, 6) is 1.38. The Morgan fingerprint density at radius 2 is 1.92 bits per heavy atom. The molecule has 0 aromatic heterocycles. The number of sulfone groups is 1. The maximum absolute atomic E-state index is 12.1.